The summed E-state index contributed by atoms with van der Waals surface area (Å²) in [6.07, 6.45) is 2.96. The van der Waals surface area contributed by atoms with Crippen molar-refractivity contribution in [2.75, 3.05) is 0 Å². The molecule has 0 saturated carbocycles. The summed E-state index contributed by atoms with van der Waals surface area (Å²) in [4.78, 5) is 0. The molecule has 0 heterocycles. The first-order chi connectivity index (χ1) is 19.6. The van der Waals surface area contributed by atoms with Crippen molar-refractivity contribution >= 4 is 20.2 Å². The zero-order valence-corrected chi connectivity index (χ0v) is 28.8. The Hall–Kier alpha value is -3.18. The van der Waals surface area contributed by atoms with Gasteiger partial charge in [0.15, 0.2) is 0 Å². The van der Waals surface area contributed by atoms with E-state index in [1.807, 2.05) is 12.1 Å². The van der Waals surface area contributed by atoms with Gasteiger partial charge in [0.1, 0.15) is 0 Å². The van der Waals surface area contributed by atoms with Crippen LogP contribution in [0, 0.1) is 24.7 Å². The molecule has 0 amide bonds. The Balaban J connectivity index is 1.62. The summed E-state index contributed by atoms with van der Waals surface area (Å²) < 4.78 is 20.8. The third-order valence-electron chi connectivity index (χ3n) is 6.64. The summed E-state index contributed by atoms with van der Waals surface area (Å²) in [5, 5.41) is 0. The maximum atomic E-state index is 6.55. The van der Waals surface area contributed by atoms with Crippen LogP contribution in [0.2, 0.25) is 0 Å². The van der Waals surface area contributed by atoms with Gasteiger partial charge in [-0.2, -0.15) is 0 Å². The third kappa shape index (κ3) is 10.3. The second-order valence-corrected chi connectivity index (χ2v) is 15.5. The molecule has 4 heteroatoms. The normalized spacial score (nSPS) is 11.7. The van der Waals surface area contributed by atoms with Gasteiger partial charge < -0.3 is 0 Å². The molecule has 41 heavy (non-hydrogen) atoms. The quantitative estimate of drug-likeness (QED) is 0.141. The predicted molar refractivity (Wildman–Crippen MR) is 175 cm³/mol. The first kappa shape index (κ1) is 30.8. The van der Waals surface area contributed by atoms with Gasteiger partial charge in [-0.3, -0.25) is 0 Å². The van der Waals surface area contributed by atoms with Crippen LogP contribution < -0.4 is 17.6 Å². The van der Waals surface area contributed by atoms with E-state index in [4.69, 9.17) is 13.2 Å². The van der Waals surface area contributed by atoms with Crippen LogP contribution in [0.25, 0.3) is 0 Å². The zero-order valence-electron chi connectivity index (χ0n) is 25.9. The van der Waals surface area contributed by atoms with E-state index in [9.17, 15) is 0 Å². The van der Waals surface area contributed by atoms with E-state index < -0.39 is 15.8 Å². The summed E-state index contributed by atoms with van der Waals surface area (Å²) in [6, 6.07) is 29.7. The standard InChI is InChI=1S/C37H46GeO3/c1-25(2)13-29-16-28(7)17-33(18-29)39-34-19-30(14-26(3)4)20-35(23-34)40-36-21-31(15-27(5)6)22-37(24-36)41-38-32-11-9-8-10-12-32/h8-12,16-27H,13-15,38H2,1-7H3. The van der Waals surface area contributed by atoms with Gasteiger partial charge in [0.25, 0.3) is 0 Å². The van der Waals surface area contributed by atoms with E-state index in [-0.39, 0.29) is 0 Å². The van der Waals surface area contributed by atoms with Gasteiger partial charge in [0.2, 0.25) is 0 Å². The van der Waals surface area contributed by atoms with Crippen molar-refractivity contribution in [2.24, 2.45) is 17.8 Å². The van der Waals surface area contributed by atoms with Crippen LogP contribution >= 0.6 is 0 Å². The van der Waals surface area contributed by atoms with Crippen molar-refractivity contribution in [3.63, 3.8) is 0 Å². The molecule has 0 aromatic heterocycles. The molecule has 3 nitrogen and oxygen atoms in total. The van der Waals surface area contributed by atoms with Crippen LogP contribution in [0.4, 0.5) is 0 Å². The van der Waals surface area contributed by atoms with Crippen LogP contribution in [0.5, 0.6) is 28.7 Å². The molecule has 216 valence electrons. The van der Waals surface area contributed by atoms with E-state index in [2.05, 4.69) is 121 Å². The molecule has 0 fully saturated rings. The fourth-order valence-corrected chi connectivity index (χ4v) is 7.21. The second kappa shape index (κ2) is 14.6. The summed E-state index contributed by atoms with van der Waals surface area (Å²) >= 11 is -1.38. The van der Waals surface area contributed by atoms with Crippen molar-refractivity contribution < 1.29 is 13.2 Å². The van der Waals surface area contributed by atoms with Crippen molar-refractivity contribution in [1.82, 2.24) is 0 Å². The van der Waals surface area contributed by atoms with E-state index in [0.717, 1.165) is 48.0 Å². The average molecular weight is 611 g/mol. The van der Waals surface area contributed by atoms with Gasteiger partial charge in [0.05, 0.1) is 0 Å². The molecule has 0 N–H and O–H groups in total. The molecule has 0 atom stereocenters. The molecule has 4 aromatic carbocycles. The number of hydrogen-bond donors (Lipinski definition) is 0. The molecule has 0 aliphatic carbocycles. The van der Waals surface area contributed by atoms with Gasteiger partial charge in [0, 0.05) is 0 Å². The number of ether oxygens (including phenoxy) is 2. The van der Waals surface area contributed by atoms with E-state index >= 15 is 0 Å². The Bertz CT molecular complexity index is 1410. The fraction of sp³-hybridized carbons (Fsp3) is 0.351. The first-order valence-electron chi connectivity index (χ1n) is 15.0. The van der Waals surface area contributed by atoms with Crippen molar-refractivity contribution in [3.8, 4) is 28.7 Å². The number of aryl methyl sites for hydroxylation is 1. The minimum absolute atomic E-state index is 0.522. The molecular weight excluding hydrogens is 565 g/mol. The van der Waals surface area contributed by atoms with Crippen LogP contribution in [0.1, 0.15) is 63.8 Å². The number of benzene rings is 4. The Kier molecular flexibility index (Phi) is 11.0. The third-order valence-corrected chi connectivity index (χ3v) is 9.33. The SMILES string of the molecule is Cc1cc(CC(C)C)cc(Oc2cc(CC(C)C)cc(Oc3cc(CC(C)C)cc([O][GeH2][c]4ccccc4)c3)c2)c1. The molecule has 4 aromatic rings. The Morgan fingerprint density at radius 1 is 0.512 bits per heavy atom. The van der Waals surface area contributed by atoms with Crippen LogP contribution in [0.3, 0.4) is 0 Å². The maximum absolute atomic E-state index is 6.55. The molecule has 0 radical (unpaired) electrons. The number of rotatable bonds is 13. The monoisotopic (exact) mass is 612 g/mol. The Morgan fingerprint density at radius 3 is 1.41 bits per heavy atom. The molecule has 0 unspecified atom stereocenters. The number of hydrogen-bond acceptors (Lipinski definition) is 3. The molecule has 0 spiro atoms. The van der Waals surface area contributed by atoms with Crippen LogP contribution in [-0.2, 0) is 19.3 Å². The van der Waals surface area contributed by atoms with Gasteiger partial charge in [-0.15, -0.1) is 0 Å². The fourth-order valence-electron chi connectivity index (χ4n) is 5.19. The second-order valence-electron chi connectivity index (χ2n) is 12.6. The van der Waals surface area contributed by atoms with E-state index in [0.29, 0.717) is 17.8 Å². The Morgan fingerprint density at radius 2 is 0.927 bits per heavy atom. The van der Waals surface area contributed by atoms with Gasteiger partial charge >= 0.3 is 216 Å². The summed E-state index contributed by atoms with van der Waals surface area (Å²) in [5.41, 5.74) is 4.95. The van der Waals surface area contributed by atoms with Gasteiger partial charge in [-0.25, -0.2) is 0 Å². The van der Waals surface area contributed by atoms with Gasteiger partial charge in [-0.05, 0) is 19.3 Å². The van der Waals surface area contributed by atoms with E-state index in [1.165, 1.54) is 26.6 Å². The van der Waals surface area contributed by atoms with E-state index in [1.54, 1.807) is 0 Å². The van der Waals surface area contributed by atoms with Crippen molar-refractivity contribution in [1.29, 1.82) is 0 Å². The van der Waals surface area contributed by atoms with Crippen molar-refractivity contribution in [3.05, 3.63) is 107 Å². The average Bonchev–Trinajstić information content (AvgIpc) is 2.86. The molecule has 0 bridgehead atoms. The van der Waals surface area contributed by atoms with Gasteiger partial charge in [-0.1, -0.05) is 19.9 Å². The Labute approximate surface area is 254 Å². The molecular formula is C37H46GeO3. The summed E-state index contributed by atoms with van der Waals surface area (Å²) in [5.74, 6) is 5.81. The topological polar surface area (TPSA) is 27.7 Å². The minimum atomic E-state index is -1.38. The predicted octanol–water partition coefficient (Wildman–Crippen LogP) is 8.96. The summed E-state index contributed by atoms with van der Waals surface area (Å²) in [6.45, 7) is 15.6. The van der Waals surface area contributed by atoms with Crippen LogP contribution in [0.15, 0.2) is 84.9 Å². The molecule has 0 saturated heterocycles. The summed E-state index contributed by atoms with van der Waals surface area (Å²) in [7, 11) is 0. The molecule has 0 aliphatic rings. The van der Waals surface area contributed by atoms with Crippen LogP contribution in [-0.4, -0.2) is 15.8 Å². The molecule has 0 aliphatic heterocycles. The molecule has 4 rings (SSSR count). The van der Waals surface area contributed by atoms with Crippen molar-refractivity contribution in [2.45, 2.75) is 67.7 Å². The first-order valence-corrected chi connectivity index (χ1v) is 17.7. The zero-order chi connectivity index (χ0) is 29.4.